The minimum Gasteiger partial charge on any atom is -0.301 e. The Hall–Kier alpha value is -1.06. The van der Waals surface area contributed by atoms with Crippen molar-refractivity contribution in [3.63, 3.8) is 0 Å². The van der Waals surface area contributed by atoms with Gasteiger partial charge >= 0.3 is 0 Å². The summed E-state index contributed by atoms with van der Waals surface area (Å²) in [6.07, 6.45) is 1.87. The maximum atomic E-state index is 8.55. The highest BCUT2D eigenvalue weighted by Gasteiger charge is 2.23. The van der Waals surface area contributed by atoms with Gasteiger partial charge < -0.3 is 5.32 Å². The van der Waals surface area contributed by atoms with E-state index in [1.54, 1.807) is 0 Å². The molecule has 1 rings (SSSR count). The highest BCUT2D eigenvalue weighted by molar-refractivity contribution is 5.05. The first-order chi connectivity index (χ1) is 4.88. The van der Waals surface area contributed by atoms with E-state index < -0.39 is 0 Å². The van der Waals surface area contributed by atoms with E-state index in [0.29, 0.717) is 0 Å². The number of piperidine rings is 1. The zero-order valence-corrected chi connectivity index (χ0v) is 5.67. The number of rotatable bonds is 0. The van der Waals surface area contributed by atoms with Gasteiger partial charge in [0.25, 0.3) is 0 Å². The van der Waals surface area contributed by atoms with E-state index in [-0.39, 0.29) is 12.0 Å². The first-order valence-electron chi connectivity index (χ1n) is 3.41. The lowest BCUT2D eigenvalue weighted by atomic mass is 9.93. The Labute approximate surface area is 60.3 Å². The van der Waals surface area contributed by atoms with Crippen LogP contribution in [-0.4, -0.2) is 12.6 Å². The first-order valence-corrected chi connectivity index (χ1v) is 3.41. The highest BCUT2D eigenvalue weighted by atomic mass is 14.9. The average Bonchev–Trinajstić information content (AvgIpc) is 2.04. The Morgan fingerprint density at radius 1 is 1.30 bits per heavy atom. The van der Waals surface area contributed by atoms with Crippen molar-refractivity contribution in [1.82, 2.24) is 5.32 Å². The molecule has 10 heavy (non-hydrogen) atoms. The molecule has 0 saturated carbocycles. The number of hydrogen-bond donors (Lipinski definition) is 1. The van der Waals surface area contributed by atoms with E-state index in [1.807, 2.05) is 0 Å². The molecular formula is C7H9N3. The van der Waals surface area contributed by atoms with E-state index in [9.17, 15) is 0 Å². The monoisotopic (exact) mass is 135 g/mol. The summed E-state index contributed by atoms with van der Waals surface area (Å²) >= 11 is 0. The lowest BCUT2D eigenvalue weighted by Gasteiger charge is -2.21. The molecule has 52 valence electrons. The number of nitrogens with one attached hydrogen (secondary N) is 1. The quantitative estimate of drug-likeness (QED) is 0.523. The molecule has 0 radical (unpaired) electrons. The van der Waals surface area contributed by atoms with Crippen molar-refractivity contribution in [1.29, 1.82) is 10.5 Å². The van der Waals surface area contributed by atoms with Crippen LogP contribution in [-0.2, 0) is 0 Å². The third-order valence-electron chi connectivity index (χ3n) is 1.76. The van der Waals surface area contributed by atoms with Gasteiger partial charge in [0.05, 0.1) is 18.1 Å². The Kier molecular flexibility index (Phi) is 2.25. The van der Waals surface area contributed by atoms with Crippen molar-refractivity contribution in [2.75, 3.05) is 6.54 Å². The summed E-state index contributed by atoms with van der Waals surface area (Å²) in [7, 11) is 0. The molecule has 1 aliphatic heterocycles. The van der Waals surface area contributed by atoms with Crippen molar-refractivity contribution in [2.45, 2.75) is 18.9 Å². The summed E-state index contributed by atoms with van der Waals surface area (Å²) in [5.41, 5.74) is 0. The van der Waals surface area contributed by atoms with Crippen molar-refractivity contribution in [3.8, 4) is 12.1 Å². The van der Waals surface area contributed by atoms with Crippen LogP contribution in [0.1, 0.15) is 12.8 Å². The second-order valence-electron chi connectivity index (χ2n) is 2.44. The van der Waals surface area contributed by atoms with E-state index in [4.69, 9.17) is 10.5 Å². The van der Waals surface area contributed by atoms with E-state index >= 15 is 0 Å². The molecule has 2 atom stereocenters. The average molecular weight is 135 g/mol. The predicted molar refractivity (Wildman–Crippen MR) is 35.7 cm³/mol. The van der Waals surface area contributed by atoms with Crippen LogP contribution in [0.25, 0.3) is 0 Å². The van der Waals surface area contributed by atoms with Crippen molar-refractivity contribution >= 4 is 0 Å². The van der Waals surface area contributed by atoms with E-state index in [1.165, 1.54) is 0 Å². The van der Waals surface area contributed by atoms with Crippen LogP contribution in [0.3, 0.4) is 0 Å². The van der Waals surface area contributed by atoms with Crippen molar-refractivity contribution in [2.24, 2.45) is 5.92 Å². The summed E-state index contributed by atoms with van der Waals surface area (Å²) in [6, 6.07) is 3.95. The maximum Gasteiger partial charge on any atom is 0.111 e. The van der Waals surface area contributed by atoms with Crippen LogP contribution < -0.4 is 5.32 Å². The van der Waals surface area contributed by atoms with Gasteiger partial charge in [0.1, 0.15) is 6.04 Å². The van der Waals surface area contributed by atoms with Crippen LogP contribution in [0, 0.1) is 28.6 Å². The zero-order chi connectivity index (χ0) is 7.40. The minimum absolute atomic E-state index is 0.0984. The fourth-order valence-corrected chi connectivity index (χ4v) is 1.16. The molecule has 0 aromatic heterocycles. The zero-order valence-electron chi connectivity index (χ0n) is 5.67. The van der Waals surface area contributed by atoms with Gasteiger partial charge in [-0.15, -0.1) is 0 Å². The molecule has 1 fully saturated rings. The highest BCUT2D eigenvalue weighted by Crippen LogP contribution is 2.14. The largest absolute Gasteiger partial charge is 0.301 e. The fraction of sp³-hybridized carbons (Fsp3) is 0.714. The molecule has 2 unspecified atom stereocenters. The van der Waals surface area contributed by atoms with Gasteiger partial charge in [-0.25, -0.2) is 0 Å². The second-order valence-corrected chi connectivity index (χ2v) is 2.44. The molecule has 1 saturated heterocycles. The van der Waals surface area contributed by atoms with Crippen LogP contribution in [0.2, 0.25) is 0 Å². The van der Waals surface area contributed by atoms with Crippen LogP contribution >= 0.6 is 0 Å². The normalized spacial score (nSPS) is 32.2. The topological polar surface area (TPSA) is 59.6 Å². The molecule has 0 aliphatic carbocycles. The van der Waals surface area contributed by atoms with Crippen LogP contribution in [0.15, 0.2) is 0 Å². The molecule has 3 nitrogen and oxygen atoms in total. The van der Waals surface area contributed by atoms with Gasteiger partial charge in [0.15, 0.2) is 0 Å². The third kappa shape index (κ3) is 1.26. The van der Waals surface area contributed by atoms with Crippen molar-refractivity contribution < 1.29 is 0 Å². The summed E-state index contributed by atoms with van der Waals surface area (Å²) in [6.45, 7) is 0.871. The van der Waals surface area contributed by atoms with Gasteiger partial charge in [0, 0.05) is 0 Å². The molecule has 1 N–H and O–H groups in total. The molecule has 0 aromatic rings. The number of hydrogen-bond acceptors (Lipinski definition) is 3. The van der Waals surface area contributed by atoms with Crippen LogP contribution in [0.4, 0.5) is 0 Å². The summed E-state index contributed by atoms with van der Waals surface area (Å²) in [5, 5.41) is 20.1. The Morgan fingerprint density at radius 3 is 2.60 bits per heavy atom. The number of nitrogens with zero attached hydrogens (tertiary/aromatic N) is 2. The molecule has 0 aromatic carbocycles. The molecule has 1 aliphatic rings. The summed E-state index contributed by atoms with van der Waals surface area (Å²) in [5.74, 6) is -0.0984. The van der Waals surface area contributed by atoms with Crippen molar-refractivity contribution in [3.05, 3.63) is 0 Å². The Bertz CT molecular complexity index is 164. The smallest absolute Gasteiger partial charge is 0.111 e. The van der Waals surface area contributed by atoms with Gasteiger partial charge in [-0.05, 0) is 19.4 Å². The molecule has 0 spiro atoms. The lowest BCUT2D eigenvalue weighted by molar-refractivity contribution is 0.389. The SMILES string of the molecule is N#CC1CCCNC1C#N. The Balaban J connectivity index is 2.54. The summed E-state index contributed by atoms with van der Waals surface area (Å²) in [4.78, 5) is 0. The van der Waals surface area contributed by atoms with Gasteiger partial charge in [-0.1, -0.05) is 0 Å². The van der Waals surface area contributed by atoms with Crippen LogP contribution in [0.5, 0.6) is 0 Å². The molecule has 0 bridgehead atoms. The van der Waals surface area contributed by atoms with Gasteiger partial charge in [0.2, 0.25) is 0 Å². The maximum absolute atomic E-state index is 8.55. The van der Waals surface area contributed by atoms with Gasteiger partial charge in [-0.3, -0.25) is 0 Å². The predicted octanol–water partition coefficient (Wildman–Crippen LogP) is 0.402. The lowest BCUT2D eigenvalue weighted by Crippen LogP contribution is -2.39. The second kappa shape index (κ2) is 3.20. The van der Waals surface area contributed by atoms with E-state index in [2.05, 4.69) is 17.5 Å². The Morgan fingerprint density at radius 2 is 2.10 bits per heavy atom. The third-order valence-corrected chi connectivity index (χ3v) is 1.76. The standard InChI is InChI=1S/C7H9N3/c8-4-6-2-1-3-10-7(6)5-9/h6-7,10H,1-3H2. The number of nitriles is 2. The molecule has 1 heterocycles. The minimum atomic E-state index is -0.237. The fourth-order valence-electron chi connectivity index (χ4n) is 1.16. The molecular weight excluding hydrogens is 126 g/mol. The summed E-state index contributed by atoms with van der Waals surface area (Å²) < 4.78 is 0. The van der Waals surface area contributed by atoms with Gasteiger partial charge in [-0.2, -0.15) is 10.5 Å². The molecule has 0 amide bonds. The molecule has 3 heteroatoms. The van der Waals surface area contributed by atoms with E-state index in [0.717, 1.165) is 19.4 Å². The first kappa shape index (κ1) is 7.05.